The zero-order valence-corrected chi connectivity index (χ0v) is 14.9. The van der Waals surface area contributed by atoms with Crippen molar-refractivity contribution < 1.29 is 14.3 Å². The van der Waals surface area contributed by atoms with E-state index in [-0.39, 0.29) is 6.61 Å². The van der Waals surface area contributed by atoms with Crippen molar-refractivity contribution in [3.05, 3.63) is 35.9 Å². The van der Waals surface area contributed by atoms with Crippen LogP contribution in [-0.4, -0.2) is 41.1 Å². The molecule has 1 atom stereocenters. The molecular weight excluding hydrogens is 318 g/mol. The quantitative estimate of drug-likeness (QED) is 0.815. The molecule has 0 saturated carbocycles. The van der Waals surface area contributed by atoms with E-state index in [1.807, 2.05) is 44.2 Å². The summed E-state index contributed by atoms with van der Waals surface area (Å²) in [7, 11) is 0. The van der Waals surface area contributed by atoms with Crippen LogP contribution in [0.5, 0.6) is 0 Å². The minimum Gasteiger partial charge on any atom is -0.444 e. The van der Waals surface area contributed by atoms with Crippen molar-refractivity contribution in [3.63, 3.8) is 0 Å². The highest BCUT2D eigenvalue weighted by Gasteiger charge is 2.35. The van der Waals surface area contributed by atoms with Gasteiger partial charge in [0, 0.05) is 13.1 Å². The smallest absolute Gasteiger partial charge is 0.418 e. The van der Waals surface area contributed by atoms with Gasteiger partial charge in [0.15, 0.2) is 0 Å². The van der Waals surface area contributed by atoms with Gasteiger partial charge in [0.1, 0.15) is 12.6 Å². The number of urea groups is 1. The van der Waals surface area contributed by atoms with Crippen LogP contribution >= 0.6 is 0 Å². The normalized spacial score (nSPS) is 16.6. The average molecular weight is 343 g/mol. The van der Waals surface area contributed by atoms with Crippen LogP contribution in [0.25, 0.3) is 0 Å². The van der Waals surface area contributed by atoms with Gasteiger partial charge in [-0.15, -0.1) is 0 Å². The molecule has 0 N–H and O–H groups in total. The van der Waals surface area contributed by atoms with Crippen LogP contribution in [-0.2, 0) is 11.3 Å². The molecule has 1 fully saturated rings. The molecule has 25 heavy (non-hydrogen) atoms. The Morgan fingerprint density at radius 2 is 2.08 bits per heavy atom. The van der Waals surface area contributed by atoms with Gasteiger partial charge >= 0.3 is 12.1 Å². The minimum absolute atomic E-state index is 0.118. The number of hydrogen-bond donors (Lipinski definition) is 0. The Morgan fingerprint density at radius 3 is 2.72 bits per heavy atom. The molecule has 6 nitrogen and oxygen atoms in total. The number of rotatable bonds is 5. The van der Waals surface area contributed by atoms with Crippen LogP contribution in [0.3, 0.4) is 0 Å². The highest BCUT2D eigenvalue weighted by molar-refractivity contribution is 5.91. The standard InChI is InChI=1S/C19H25N3O3/c1-15(2)10-12-22(18(23)21-11-6-9-17(21)13-20)19(24)25-14-16-7-4-3-5-8-16/h3-5,7-8,15,17H,6,9-12,14H2,1-2H3/t17-/m0/s1. The molecule has 0 aromatic heterocycles. The lowest BCUT2D eigenvalue weighted by Crippen LogP contribution is -2.48. The van der Waals surface area contributed by atoms with E-state index in [9.17, 15) is 14.9 Å². The Morgan fingerprint density at radius 1 is 1.36 bits per heavy atom. The van der Waals surface area contributed by atoms with Crippen molar-refractivity contribution in [1.82, 2.24) is 9.80 Å². The summed E-state index contributed by atoms with van der Waals surface area (Å²) in [6.45, 7) is 4.98. The fraction of sp³-hybridized carbons (Fsp3) is 0.526. The van der Waals surface area contributed by atoms with Gasteiger partial charge in [0.2, 0.25) is 0 Å². The molecule has 1 saturated heterocycles. The molecule has 1 aliphatic heterocycles. The third kappa shape index (κ3) is 5.21. The third-order valence-electron chi connectivity index (χ3n) is 4.23. The topological polar surface area (TPSA) is 73.6 Å². The number of carbonyl (C=O) groups excluding carboxylic acids is 2. The summed E-state index contributed by atoms with van der Waals surface area (Å²) in [5.41, 5.74) is 0.864. The number of amides is 3. The van der Waals surface area contributed by atoms with E-state index in [0.717, 1.165) is 16.9 Å². The van der Waals surface area contributed by atoms with Gasteiger partial charge in [0.25, 0.3) is 0 Å². The van der Waals surface area contributed by atoms with E-state index >= 15 is 0 Å². The molecule has 0 radical (unpaired) electrons. The lowest BCUT2D eigenvalue weighted by Gasteiger charge is -2.28. The Kier molecular flexibility index (Phi) is 6.81. The van der Waals surface area contributed by atoms with Gasteiger partial charge in [-0.05, 0) is 30.7 Å². The lowest BCUT2D eigenvalue weighted by molar-refractivity contribution is 0.0923. The zero-order valence-electron chi connectivity index (χ0n) is 14.9. The largest absolute Gasteiger partial charge is 0.444 e. The Labute approximate surface area is 149 Å². The summed E-state index contributed by atoms with van der Waals surface area (Å²) >= 11 is 0. The molecule has 6 heteroatoms. The molecule has 0 spiro atoms. The van der Waals surface area contributed by atoms with Crippen molar-refractivity contribution in [3.8, 4) is 6.07 Å². The molecule has 1 aromatic carbocycles. The second-order valence-corrected chi connectivity index (χ2v) is 6.64. The number of nitrogens with zero attached hydrogens (tertiary/aromatic N) is 3. The molecule has 1 heterocycles. The Bertz CT molecular complexity index is 625. The van der Waals surface area contributed by atoms with Crippen molar-refractivity contribution in [2.75, 3.05) is 13.1 Å². The summed E-state index contributed by atoms with van der Waals surface area (Å²) in [4.78, 5) is 27.9. The molecule has 134 valence electrons. The molecule has 0 bridgehead atoms. The summed E-state index contributed by atoms with van der Waals surface area (Å²) in [5.74, 6) is 0.350. The summed E-state index contributed by atoms with van der Waals surface area (Å²) in [5, 5.41) is 9.20. The van der Waals surface area contributed by atoms with Crippen LogP contribution in [0.4, 0.5) is 9.59 Å². The number of likely N-dealkylation sites (tertiary alicyclic amines) is 1. The number of carbonyl (C=O) groups is 2. The molecule has 0 aliphatic carbocycles. The van der Waals surface area contributed by atoms with Crippen LogP contribution in [0, 0.1) is 17.2 Å². The first kappa shape index (κ1) is 18.8. The maximum Gasteiger partial charge on any atom is 0.418 e. The van der Waals surface area contributed by atoms with E-state index in [4.69, 9.17) is 4.74 Å². The first-order chi connectivity index (χ1) is 12.0. The second-order valence-electron chi connectivity index (χ2n) is 6.64. The highest BCUT2D eigenvalue weighted by Crippen LogP contribution is 2.19. The molecule has 2 rings (SSSR count). The summed E-state index contributed by atoms with van der Waals surface area (Å²) < 4.78 is 5.33. The van der Waals surface area contributed by atoms with Gasteiger partial charge in [-0.1, -0.05) is 44.2 Å². The monoisotopic (exact) mass is 343 g/mol. The van der Waals surface area contributed by atoms with E-state index in [0.29, 0.717) is 31.8 Å². The number of ether oxygens (including phenoxy) is 1. The second kappa shape index (κ2) is 9.07. The predicted octanol–water partition coefficient (Wildman–Crippen LogP) is 3.78. The van der Waals surface area contributed by atoms with Crippen LogP contribution in [0.15, 0.2) is 30.3 Å². The summed E-state index contributed by atoms with van der Waals surface area (Å²) in [6, 6.07) is 10.6. The molecular formula is C19H25N3O3. The predicted molar refractivity (Wildman–Crippen MR) is 93.5 cm³/mol. The third-order valence-corrected chi connectivity index (χ3v) is 4.23. The molecule has 3 amide bonds. The van der Waals surface area contributed by atoms with Gasteiger partial charge in [-0.2, -0.15) is 5.26 Å². The molecule has 0 unspecified atom stereocenters. The number of benzene rings is 1. The van der Waals surface area contributed by atoms with Gasteiger partial charge in [-0.3, -0.25) is 0 Å². The van der Waals surface area contributed by atoms with Gasteiger partial charge < -0.3 is 9.64 Å². The average Bonchev–Trinajstić information content (AvgIpc) is 3.09. The first-order valence-corrected chi connectivity index (χ1v) is 8.71. The Balaban J connectivity index is 2.04. The van der Waals surface area contributed by atoms with Gasteiger partial charge in [-0.25, -0.2) is 14.5 Å². The minimum atomic E-state index is -0.655. The van der Waals surface area contributed by atoms with E-state index in [1.54, 1.807) is 0 Å². The van der Waals surface area contributed by atoms with Crippen LogP contribution in [0.2, 0.25) is 0 Å². The maximum atomic E-state index is 12.8. The SMILES string of the molecule is CC(C)CCN(C(=O)OCc1ccccc1)C(=O)N1CCC[C@H]1C#N. The maximum absolute atomic E-state index is 12.8. The molecule has 1 aliphatic rings. The first-order valence-electron chi connectivity index (χ1n) is 8.71. The number of hydrogen-bond acceptors (Lipinski definition) is 4. The van der Waals surface area contributed by atoms with E-state index in [2.05, 4.69) is 6.07 Å². The van der Waals surface area contributed by atoms with Crippen LogP contribution < -0.4 is 0 Å². The van der Waals surface area contributed by atoms with E-state index in [1.165, 1.54) is 4.90 Å². The molecule has 1 aromatic rings. The lowest BCUT2D eigenvalue weighted by atomic mass is 10.1. The van der Waals surface area contributed by atoms with Crippen LogP contribution in [0.1, 0.15) is 38.7 Å². The number of imide groups is 1. The highest BCUT2D eigenvalue weighted by atomic mass is 16.6. The summed E-state index contributed by atoms with van der Waals surface area (Å²) in [6.07, 6.45) is 1.47. The Hall–Kier alpha value is -2.55. The van der Waals surface area contributed by atoms with Crippen molar-refractivity contribution in [2.45, 2.75) is 45.8 Å². The fourth-order valence-corrected chi connectivity index (χ4v) is 2.73. The van der Waals surface area contributed by atoms with Gasteiger partial charge in [0.05, 0.1) is 6.07 Å². The number of nitriles is 1. The van der Waals surface area contributed by atoms with Crippen molar-refractivity contribution >= 4 is 12.1 Å². The van der Waals surface area contributed by atoms with Crippen molar-refractivity contribution in [1.29, 1.82) is 5.26 Å². The van der Waals surface area contributed by atoms with E-state index < -0.39 is 18.2 Å². The fourth-order valence-electron chi connectivity index (χ4n) is 2.73. The zero-order chi connectivity index (χ0) is 18.2. The van der Waals surface area contributed by atoms with Crippen molar-refractivity contribution in [2.24, 2.45) is 5.92 Å².